The average Bonchev–Trinajstić information content (AvgIpc) is 2.70. The van der Waals surface area contributed by atoms with E-state index in [9.17, 15) is 9.59 Å². The molecule has 1 heterocycles. The first kappa shape index (κ1) is 20.1. The number of benzene rings is 2. The summed E-state index contributed by atoms with van der Waals surface area (Å²) in [5.41, 5.74) is 1.75. The third kappa shape index (κ3) is 4.43. The first-order valence-corrected chi connectivity index (χ1v) is 9.35. The van der Waals surface area contributed by atoms with Gasteiger partial charge in [-0.25, -0.2) is 4.68 Å². The fourth-order valence-corrected chi connectivity index (χ4v) is 3.09. The normalized spacial score (nSPS) is 11.9. The van der Waals surface area contributed by atoms with Gasteiger partial charge in [-0.1, -0.05) is 41.4 Å². The molecule has 1 aromatic heterocycles. The zero-order valence-electron chi connectivity index (χ0n) is 15.4. The van der Waals surface area contributed by atoms with E-state index in [1.165, 1.54) is 10.7 Å². The zero-order chi connectivity index (χ0) is 20.3. The van der Waals surface area contributed by atoms with Crippen molar-refractivity contribution in [2.75, 3.05) is 7.11 Å². The molecule has 0 radical (unpaired) electrons. The van der Waals surface area contributed by atoms with Gasteiger partial charge in [0.25, 0.3) is 5.56 Å². The minimum atomic E-state index is -0.729. The lowest BCUT2D eigenvalue weighted by Crippen LogP contribution is -2.30. The van der Waals surface area contributed by atoms with E-state index in [4.69, 9.17) is 27.9 Å². The monoisotopic (exact) mass is 416 g/mol. The largest absolute Gasteiger partial charge is 0.497 e. The molecule has 0 aliphatic heterocycles. The van der Waals surface area contributed by atoms with Crippen LogP contribution in [0.3, 0.4) is 0 Å². The molecule has 0 fully saturated rings. The molecule has 0 bridgehead atoms. The van der Waals surface area contributed by atoms with E-state index >= 15 is 0 Å². The van der Waals surface area contributed by atoms with Gasteiger partial charge in [0.05, 0.1) is 22.8 Å². The number of Topliss-reactive ketones (excluding diaryl/α,β-unsaturated/α-hetero) is 1. The average molecular weight is 417 g/mol. The Labute approximate surface area is 172 Å². The summed E-state index contributed by atoms with van der Waals surface area (Å²) in [5.74, 6) is 0.525. The van der Waals surface area contributed by atoms with Gasteiger partial charge in [-0.05, 0) is 42.8 Å². The van der Waals surface area contributed by atoms with E-state index in [0.717, 1.165) is 11.1 Å². The Morgan fingerprint density at radius 3 is 2.61 bits per heavy atom. The molecule has 0 N–H and O–H groups in total. The second-order valence-electron chi connectivity index (χ2n) is 6.30. The van der Waals surface area contributed by atoms with E-state index in [1.807, 2.05) is 24.3 Å². The van der Waals surface area contributed by atoms with E-state index in [0.29, 0.717) is 21.5 Å². The van der Waals surface area contributed by atoms with Crippen molar-refractivity contribution in [2.45, 2.75) is 19.4 Å². The van der Waals surface area contributed by atoms with Gasteiger partial charge < -0.3 is 4.74 Å². The molecule has 144 valence electrons. The van der Waals surface area contributed by atoms with Gasteiger partial charge in [0.2, 0.25) is 0 Å². The van der Waals surface area contributed by atoms with Crippen molar-refractivity contribution in [1.82, 2.24) is 9.78 Å². The molecular weight excluding hydrogens is 399 g/mol. The van der Waals surface area contributed by atoms with Gasteiger partial charge in [-0.2, -0.15) is 5.10 Å². The SMILES string of the molecule is COc1cccc(-c2ccc(=O)n(C(C)C(=O)Cc3ccc(Cl)c(Cl)c3)n2)c1. The van der Waals surface area contributed by atoms with Crippen molar-refractivity contribution in [2.24, 2.45) is 0 Å². The summed E-state index contributed by atoms with van der Waals surface area (Å²) in [6.07, 6.45) is 0.121. The Hall–Kier alpha value is -2.63. The number of halogens is 2. The molecule has 28 heavy (non-hydrogen) atoms. The molecular formula is C21H18Cl2N2O3. The number of aromatic nitrogens is 2. The summed E-state index contributed by atoms with van der Waals surface area (Å²) in [5, 5.41) is 5.20. The summed E-state index contributed by atoms with van der Waals surface area (Å²) < 4.78 is 6.43. The van der Waals surface area contributed by atoms with E-state index in [-0.39, 0.29) is 17.8 Å². The molecule has 0 aliphatic rings. The number of methoxy groups -OCH3 is 1. The minimum Gasteiger partial charge on any atom is -0.497 e. The number of carbonyl (C=O) groups excluding carboxylic acids is 1. The number of hydrogen-bond acceptors (Lipinski definition) is 4. The van der Waals surface area contributed by atoms with Crippen molar-refractivity contribution >= 4 is 29.0 Å². The summed E-state index contributed by atoms with van der Waals surface area (Å²) in [6.45, 7) is 1.66. The van der Waals surface area contributed by atoms with Gasteiger partial charge >= 0.3 is 0 Å². The van der Waals surface area contributed by atoms with Gasteiger partial charge in [0.1, 0.15) is 11.8 Å². The molecule has 0 amide bonds. The standard InChI is InChI=1S/C21H18Cl2N2O3/c1-13(20(26)11-14-6-7-17(22)18(23)10-14)25-21(27)9-8-19(24-25)15-4-3-5-16(12-15)28-2/h3-10,12-13H,11H2,1-2H3. The zero-order valence-corrected chi connectivity index (χ0v) is 16.9. The van der Waals surface area contributed by atoms with Gasteiger partial charge in [-0.3, -0.25) is 9.59 Å². The first-order valence-electron chi connectivity index (χ1n) is 8.60. The number of nitrogens with zero attached hydrogens (tertiary/aromatic N) is 2. The Balaban J connectivity index is 1.88. The van der Waals surface area contributed by atoms with Crippen LogP contribution in [0.5, 0.6) is 5.75 Å². The van der Waals surface area contributed by atoms with Gasteiger partial charge in [0, 0.05) is 18.1 Å². The van der Waals surface area contributed by atoms with Crippen LogP contribution in [0, 0.1) is 0 Å². The molecule has 1 atom stereocenters. The summed E-state index contributed by atoms with van der Waals surface area (Å²) in [7, 11) is 1.58. The topological polar surface area (TPSA) is 61.2 Å². The highest BCUT2D eigenvalue weighted by molar-refractivity contribution is 6.42. The van der Waals surface area contributed by atoms with Crippen LogP contribution in [0.15, 0.2) is 59.4 Å². The lowest BCUT2D eigenvalue weighted by atomic mass is 10.0. The van der Waals surface area contributed by atoms with Crippen molar-refractivity contribution in [3.05, 3.63) is 80.6 Å². The maximum absolute atomic E-state index is 12.7. The van der Waals surface area contributed by atoms with Crippen LogP contribution in [-0.4, -0.2) is 22.7 Å². The van der Waals surface area contributed by atoms with Crippen LogP contribution in [0.25, 0.3) is 11.3 Å². The van der Waals surface area contributed by atoms with Crippen molar-refractivity contribution in [3.8, 4) is 17.0 Å². The Morgan fingerprint density at radius 2 is 1.89 bits per heavy atom. The third-order valence-electron chi connectivity index (χ3n) is 4.39. The third-order valence-corrected chi connectivity index (χ3v) is 5.12. The maximum Gasteiger partial charge on any atom is 0.267 e. The second kappa shape index (κ2) is 8.59. The highest BCUT2D eigenvalue weighted by Gasteiger charge is 2.19. The maximum atomic E-state index is 12.7. The highest BCUT2D eigenvalue weighted by Crippen LogP contribution is 2.24. The molecule has 0 aliphatic carbocycles. The minimum absolute atomic E-state index is 0.121. The van der Waals surface area contributed by atoms with E-state index < -0.39 is 6.04 Å². The lowest BCUT2D eigenvalue weighted by molar-refractivity contribution is -0.121. The van der Waals surface area contributed by atoms with Crippen molar-refractivity contribution in [1.29, 1.82) is 0 Å². The molecule has 0 spiro atoms. The quantitative estimate of drug-likeness (QED) is 0.588. The summed E-state index contributed by atoms with van der Waals surface area (Å²) in [4.78, 5) is 25.0. The lowest BCUT2D eigenvalue weighted by Gasteiger charge is -2.14. The molecule has 1 unspecified atom stereocenters. The van der Waals surface area contributed by atoms with Crippen molar-refractivity contribution < 1.29 is 9.53 Å². The fourth-order valence-electron chi connectivity index (χ4n) is 2.77. The smallest absolute Gasteiger partial charge is 0.267 e. The predicted octanol–water partition coefficient (Wildman–Crippen LogP) is 4.60. The van der Waals surface area contributed by atoms with Crippen LogP contribution >= 0.6 is 23.2 Å². The highest BCUT2D eigenvalue weighted by atomic mass is 35.5. The molecule has 3 rings (SSSR count). The first-order chi connectivity index (χ1) is 13.4. The predicted molar refractivity (Wildman–Crippen MR) is 110 cm³/mol. The number of ether oxygens (including phenoxy) is 1. The van der Waals surface area contributed by atoms with Crippen LogP contribution in [0.1, 0.15) is 18.5 Å². The number of hydrogen-bond donors (Lipinski definition) is 0. The van der Waals surface area contributed by atoms with E-state index in [1.54, 1.807) is 38.3 Å². The molecule has 0 saturated heterocycles. The summed E-state index contributed by atoms with van der Waals surface area (Å²) in [6, 6.07) is 14.7. The fraction of sp³-hybridized carbons (Fsp3) is 0.190. The Bertz CT molecular complexity index is 1080. The van der Waals surface area contributed by atoms with E-state index in [2.05, 4.69) is 5.10 Å². The number of ketones is 1. The molecule has 3 aromatic rings. The Morgan fingerprint density at radius 1 is 1.11 bits per heavy atom. The Kier molecular flexibility index (Phi) is 6.17. The summed E-state index contributed by atoms with van der Waals surface area (Å²) >= 11 is 11.9. The molecule has 7 heteroatoms. The van der Waals surface area contributed by atoms with Gasteiger partial charge in [-0.15, -0.1) is 0 Å². The van der Waals surface area contributed by atoms with Crippen LogP contribution in [0.2, 0.25) is 10.0 Å². The molecule has 0 saturated carbocycles. The van der Waals surface area contributed by atoms with Crippen molar-refractivity contribution in [3.63, 3.8) is 0 Å². The molecule has 5 nitrogen and oxygen atoms in total. The molecule has 2 aromatic carbocycles. The van der Waals surface area contributed by atoms with Crippen LogP contribution in [-0.2, 0) is 11.2 Å². The number of rotatable bonds is 6. The van der Waals surface area contributed by atoms with Crippen LogP contribution in [0.4, 0.5) is 0 Å². The second-order valence-corrected chi connectivity index (χ2v) is 7.12. The van der Waals surface area contributed by atoms with Crippen LogP contribution < -0.4 is 10.3 Å². The van der Waals surface area contributed by atoms with Gasteiger partial charge in [0.15, 0.2) is 5.78 Å². The number of carbonyl (C=O) groups is 1.